The van der Waals surface area contributed by atoms with Crippen LogP contribution in [0.1, 0.15) is 35.1 Å². The standard InChI is InChI=1S/C15H24N4O4S/c1-3-18(6-4-5-8-20)14(21)12-10-19(7-9-23-12)15(22)13-11(2)16-17-24-13/h12,20H,3-10H2,1-2H3/t12-/m0/s1. The van der Waals surface area contributed by atoms with Gasteiger partial charge >= 0.3 is 0 Å². The number of aliphatic hydroxyl groups is 1. The van der Waals surface area contributed by atoms with E-state index in [2.05, 4.69) is 9.59 Å². The molecule has 0 saturated carbocycles. The van der Waals surface area contributed by atoms with E-state index >= 15 is 0 Å². The Bertz CT molecular complexity index is 565. The average molecular weight is 356 g/mol. The monoisotopic (exact) mass is 356 g/mol. The molecule has 1 saturated heterocycles. The van der Waals surface area contributed by atoms with Gasteiger partial charge in [0.1, 0.15) is 4.88 Å². The number of hydrogen-bond acceptors (Lipinski definition) is 7. The average Bonchev–Trinajstić information content (AvgIpc) is 3.03. The molecule has 1 N–H and O–H groups in total. The van der Waals surface area contributed by atoms with Crippen molar-refractivity contribution in [3.05, 3.63) is 10.6 Å². The molecule has 2 heterocycles. The van der Waals surface area contributed by atoms with Gasteiger partial charge in [-0.05, 0) is 38.2 Å². The first-order valence-electron chi connectivity index (χ1n) is 8.18. The number of morpholine rings is 1. The Morgan fingerprint density at radius 3 is 2.88 bits per heavy atom. The lowest BCUT2D eigenvalue weighted by molar-refractivity contribution is -0.148. The molecule has 24 heavy (non-hydrogen) atoms. The van der Waals surface area contributed by atoms with Crippen molar-refractivity contribution in [3.63, 3.8) is 0 Å². The number of ether oxygens (including phenoxy) is 1. The fraction of sp³-hybridized carbons (Fsp3) is 0.733. The van der Waals surface area contributed by atoms with E-state index < -0.39 is 6.10 Å². The third kappa shape index (κ3) is 4.49. The topological polar surface area (TPSA) is 95.9 Å². The Kier molecular flexibility index (Phi) is 7.07. The Hall–Kier alpha value is -1.58. The van der Waals surface area contributed by atoms with Crippen molar-refractivity contribution in [2.45, 2.75) is 32.8 Å². The number of aromatic nitrogens is 2. The molecule has 1 fully saturated rings. The second kappa shape index (κ2) is 9.05. The molecule has 0 aliphatic carbocycles. The van der Waals surface area contributed by atoms with Crippen LogP contribution in [0.25, 0.3) is 0 Å². The van der Waals surface area contributed by atoms with E-state index in [-0.39, 0.29) is 25.0 Å². The zero-order chi connectivity index (χ0) is 17.5. The quantitative estimate of drug-likeness (QED) is 0.707. The van der Waals surface area contributed by atoms with E-state index in [1.165, 1.54) is 0 Å². The van der Waals surface area contributed by atoms with Gasteiger partial charge in [-0.1, -0.05) is 4.49 Å². The highest BCUT2D eigenvalue weighted by molar-refractivity contribution is 7.07. The number of carbonyl (C=O) groups is 2. The summed E-state index contributed by atoms with van der Waals surface area (Å²) in [5.41, 5.74) is 0.610. The van der Waals surface area contributed by atoms with E-state index in [0.29, 0.717) is 43.2 Å². The molecule has 2 amide bonds. The van der Waals surface area contributed by atoms with Crippen molar-refractivity contribution in [2.75, 3.05) is 39.4 Å². The van der Waals surface area contributed by atoms with Crippen molar-refractivity contribution >= 4 is 23.3 Å². The SMILES string of the molecule is CCN(CCCCO)C(=O)[C@@H]1CN(C(=O)c2snnc2C)CCO1. The number of aryl methyl sites for hydroxylation is 1. The molecule has 1 atom stereocenters. The highest BCUT2D eigenvalue weighted by Gasteiger charge is 2.33. The number of rotatable bonds is 7. The van der Waals surface area contributed by atoms with Gasteiger partial charge in [0.05, 0.1) is 18.8 Å². The highest BCUT2D eigenvalue weighted by atomic mass is 32.1. The molecule has 134 valence electrons. The van der Waals surface area contributed by atoms with Crippen molar-refractivity contribution in [2.24, 2.45) is 0 Å². The first-order chi connectivity index (χ1) is 11.6. The van der Waals surface area contributed by atoms with Crippen LogP contribution in [0, 0.1) is 6.92 Å². The third-order valence-corrected chi connectivity index (χ3v) is 4.82. The van der Waals surface area contributed by atoms with E-state index in [1.54, 1.807) is 16.7 Å². The Labute approximate surface area is 145 Å². The van der Waals surface area contributed by atoms with Gasteiger partial charge in [0, 0.05) is 26.2 Å². The fourth-order valence-corrected chi connectivity index (χ4v) is 3.22. The molecule has 1 aromatic rings. The minimum absolute atomic E-state index is 0.105. The third-order valence-electron chi connectivity index (χ3n) is 4.00. The van der Waals surface area contributed by atoms with Crippen LogP contribution in [-0.2, 0) is 9.53 Å². The summed E-state index contributed by atoms with van der Waals surface area (Å²) in [4.78, 5) is 29.0. The number of nitrogens with zero attached hydrogens (tertiary/aromatic N) is 4. The van der Waals surface area contributed by atoms with Crippen LogP contribution in [0.15, 0.2) is 0 Å². The normalized spacial score (nSPS) is 17.8. The zero-order valence-electron chi connectivity index (χ0n) is 14.1. The van der Waals surface area contributed by atoms with E-state index in [0.717, 1.165) is 18.0 Å². The predicted octanol–water partition coefficient (Wildman–Crippen LogP) is 0.309. The Morgan fingerprint density at radius 2 is 2.25 bits per heavy atom. The molecule has 2 rings (SSSR count). The van der Waals surface area contributed by atoms with Crippen molar-refractivity contribution < 1.29 is 19.4 Å². The number of aliphatic hydroxyl groups excluding tert-OH is 1. The van der Waals surface area contributed by atoms with Gasteiger partial charge in [0.15, 0.2) is 6.10 Å². The predicted molar refractivity (Wildman–Crippen MR) is 88.9 cm³/mol. The molecular formula is C15H24N4O4S. The number of unbranched alkanes of at least 4 members (excludes halogenated alkanes) is 1. The molecule has 0 unspecified atom stereocenters. The summed E-state index contributed by atoms with van der Waals surface area (Å²) in [6.45, 7) is 5.98. The van der Waals surface area contributed by atoms with Crippen LogP contribution in [0.5, 0.6) is 0 Å². The van der Waals surface area contributed by atoms with Crippen LogP contribution in [0.2, 0.25) is 0 Å². The molecule has 0 radical (unpaired) electrons. The summed E-state index contributed by atoms with van der Waals surface area (Å²) in [6, 6.07) is 0. The maximum atomic E-state index is 12.6. The van der Waals surface area contributed by atoms with Crippen molar-refractivity contribution in [1.82, 2.24) is 19.4 Å². The van der Waals surface area contributed by atoms with Gasteiger partial charge in [0.2, 0.25) is 0 Å². The van der Waals surface area contributed by atoms with Crippen LogP contribution in [-0.4, -0.2) is 81.8 Å². The minimum Gasteiger partial charge on any atom is -0.396 e. The second-order valence-electron chi connectivity index (χ2n) is 5.65. The van der Waals surface area contributed by atoms with Gasteiger partial charge in [-0.2, -0.15) is 0 Å². The van der Waals surface area contributed by atoms with Gasteiger partial charge in [0.25, 0.3) is 11.8 Å². The summed E-state index contributed by atoms with van der Waals surface area (Å²) in [5, 5.41) is 12.7. The molecule has 9 heteroatoms. The van der Waals surface area contributed by atoms with E-state index in [9.17, 15) is 9.59 Å². The summed E-state index contributed by atoms with van der Waals surface area (Å²) in [6.07, 6.45) is 0.771. The molecule has 8 nitrogen and oxygen atoms in total. The van der Waals surface area contributed by atoms with Crippen LogP contribution in [0.3, 0.4) is 0 Å². The molecular weight excluding hydrogens is 332 g/mol. The van der Waals surface area contributed by atoms with Crippen molar-refractivity contribution in [3.8, 4) is 0 Å². The van der Waals surface area contributed by atoms with E-state index in [1.807, 2.05) is 6.92 Å². The van der Waals surface area contributed by atoms with Gasteiger partial charge in [-0.25, -0.2) is 0 Å². The highest BCUT2D eigenvalue weighted by Crippen LogP contribution is 2.16. The maximum Gasteiger partial charge on any atom is 0.267 e. The summed E-state index contributed by atoms with van der Waals surface area (Å²) in [5.74, 6) is -0.251. The van der Waals surface area contributed by atoms with Crippen molar-refractivity contribution in [1.29, 1.82) is 0 Å². The first-order valence-corrected chi connectivity index (χ1v) is 8.95. The molecule has 0 spiro atoms. The number of likely N-dealkylation sites (N-methyl/N-ethyl adjacent to an activating group) is 1. The number of hydrogen-bond donors (Lipinski definition) is 1. The lowest BCUT2D eigenvalue weighted by Gasteiger charge is -2.34. The minimum atomic E-state index is -0.641. The lowest BCUT2D eigenvalue weighted by Crippen LogP contribution is -2.52. The number of carbonyl (C=O) groups excluding carboxylic acids is 2. The van der Waals surface area contributed by atoms with E-state index in [4.69, 9.17) is 9.84 Å². The van der Waals surface area contributed by atoms with Crippen LogP contribution in [0.4, 0.5) is 0 Å². The summed E-state index contributed by atoms with van der Waals surface area (Å²) in [7, 11) is 0. The largest absolute Gasteiger partial charge is 0.396 e. The molecule has 1 aromatic heterocycles. The molecule has 0 aromatic carbocycles. The maximum absolute atomic E-state index is 12.6. The fourth-order valence-electron chi connectivity index (χ4n) is 2.60. The molecule has 1 aliphatic heterocycles. The second-order valence-corrected chi connectivity index (χ2v) is 6.40. The summed E-state index contributed by atoms with van der Waals surface area (Å²) >= 11 is 1.07. The molecule has 1 aliphatic rings. The summed E-state index contributed by atoms with van der Waals surface area (Å²) < 4.78 is 9.39. The van der Waals surface area contributed by atoms with Crippen LogP contribution < -0.4 is 0 Å². The lowest BCUT2D eigenvalue weighted by atomic mass is 10.2. The Morgan fingerprint density at radius 1 is 1.46 bits per heavy atom. The van der Waals surface area contributed by atoms with Gasteiger partial charge in [-0.15, -0.1) is 5.10 Å². The van der Waals surface area contributed by atoms with Gasteiger partial charge in [-0.3, -0.25) is 9.59 Å². The van der Waals surface area contributed by atoms with Gasteiger partial charge < -0.3 is 19.6 Å². The zero-order valence-corrected chi connectivity index (χ0v) is 14.9. The molecule has 0 bridgehead atoms. The number of amides is 2. The first kappa shape index (κ1) is 18.8. The Balaban J connectivity index is 1.97. The van der Waals surface area contributed by atoms with Crippen LogP contribution >= 0.6 is 11.5 Å². The smallest absolute Gasteiger partial charge is 0.267 e.